The Kier molecular flexibility index (Phi) is 3.19. The molecule has 1 aromatic rings. The zero-order valence-electron chi connectivity index (χ0n) is 9.35. The monoisotopic (exact) mass is 292 g/mol. The highest BCUT2D eigenvalue weighted by molar-refractivity contribution is 6.41. The zero-order chi connectivity index (χ0) is 12.8. The fourth-order valence-corrected chi connectivity index (χ4v) is 2.58. The van der Waals surface area contributed by atoms with Crippen LogP contribution in [0.15, 0.2) is 12.1 Å². The number of hydrogen-bond acceptors (Lipinski definition) is 2. The number of carbonyl (C=O) groups is 1. The number of hydrogen-bond donors (Lipinski definition) is 1. The average molecular weight is 294 g/mol. The molecule has 1 aromatic carbocycles. The zero-order valence-corrected chi connectivity index (χ0v) is 11.6. The number of halogens is 3. The maximum Gasteiger partial charge on any atom is 0.248 e. The first kappa shape index (κ1) is 12.8. The Hall–Kier alpha value is -0.640. The summed E-state index contributed by atoms with van der Waals surface area (Å²) in [6, 6.07) is 3.15. The van der Waals surface area contributed by atoms with Crippen LogP contribution in [-0.4, -0.2) is 17.5 Å². The maximum absolute atomic E-state index is 11.7. The molecule has 1 N–H and O–H groups in total. The molecule has 17 heavy (non-hydrogen) atoms. The summed E-state index contributed by atoms with van der Waals surface area (Å²) in [4.78, 5) is 11.7. The van der Waals surface area contributed by atoms with Crippen molar-refractivity contribution in [1.29, 1.82) is 0 Å². The van der Waals surface area contributed by atoms with Gasteiger partial charge in [-0.3, -0.25) is 15.2 Å². The summed E-state index contributed by atoms with van der Waals surface area (Å²) in [5.74, 6) is 0.0135. The summed E-state index contributed by atoms with van der Waals surface area (Å²) >= 11 is 17.8. The molecule has 1 fully saturated rings. The predicted octanol–water partition coefficient (Wildman–Crippen LogP) is 3.84. The average Bonchev–Trinajstić information content (AvgIpc) is 2.21. The van der Waals surface area contributed by atoms with Crippen molar-refractivity contribution < 1.29 is 4.79 Å². The van der Waals surface area contributed by atoms with E-state index >= 15 is 0 Å². The molecule has 0 spiro atoms. The first-order valence-corrected chi connectivity index (χ1v) is 6.18. The molecule has 0 aliphatic carbocycles. The van der Waals surface area contributed by atoms with E-state index in [1.165, 1.54) is 5.01 Å². The van der Waals surface area contributed by atoms with Gasteiger partial charge < -0.3 is 0 Å². The molecule has 92 valence electrons. The van der Waals surface area contributed by atoms with E-state index < -0.39 is 0 Å². The summed E-state index contributed by atoms with van der Waals surface area (Å²) in [6.07, 6.45) is 0. The van der Waals surface area contributed by atoms with E-state index in [1.807, 2.05) is 13.8 Å². The minimum atomic E-state index is -0.321. The van der Waals surface area contributed by atoms with E-state index in [0.29, 0.717) is 27.3 Å². The van der Waals surface area contributed by atoms with Gasteiger partial charge in [-0.15, -0.1) is 0 Å². The molecular formula is C11H11Cl3N2O. The lowest BCUT2D eigenvalue weighted by molar-refractivity contribution is -0.153. The van der Waals surface area contributed by atoms with Crippen LogP contribution in [0.4, 0.5) is 5.69 Å². The molecule has 1 amide bonds. The van der Waals surface area contributed by atoms with E-state index in [-0.39, 0.29) is 11.3 Å². The van der Waals surface area contributed by atoms with Crippen molar-refractivity contribution in [3.8, 4) is 0 Å². The van der Waals surface area contributed by atoms with E-state index in [0.717, 1.165) is 0 Å². The number of anilines is 1. The quantitative estimate of drug-likeness (QED) is 0.840. The van der Waals surface area contributed by atoms with Gasteiger partial charge in [0, 0.05) is 5.02 Å². The molecule has 0 atom stereocenters. The lowest BCUT2D eigenvalue weighted by Gasteiger charge is -2.44. The molecule has 0 unspecified atom stereocenters. The van der Waals surface area contributed by atoms with Crippen LogP contribution in [0.2, 0.25) is 15.1 Å². The smallest absolute Gasteiger partial charge is 0.248 e. The third kappa shape index (κ3) is 2.32. The third-order valence-electron chi connectivity index (χ3n) is 2.63. The first-order valence-electron chi connectivity index (χ1n) is 5.04. The number of nitrogens with zero attached hydrogens (tertiary/aromatic N) is 1. The second kappa shape index (κ2) is 4.23. The fourth-order valence-electron chi connectivity index (χ4n) is 1.68. The number of amides is 1. The van der Waals surface area contributed by atoms with E-state index in [4.69, 9.17) is 34.8 Å². The molecule has 1 saturated heterocycles. The largest absolute Gasteiger partial charge is 0.293 e. The molecule has 6 heteroatoms. The Morgan fingerprint density at radius 2 is 1.76 bits per heavy atom. The Morgan fingerprint density at radius 1 is 1.24 bits per heavy atom. The van der Waals surface area contributed by atoms with Crippen molar-refractivity contribution in [2.75, 3.05) is 12.0 Å². The number of β-lactam (4-membered cyclic amide) rings is 1. The number of rotatable bonds is 2. The highest BCUT2D eigenvalue weighted by Gasteiger charge is 2.44. The maximum atomic E-state index is 11.7. The molecule has 0 aromatic heterocycles. The van der Waals surface area contributed by atoms with Crippen molar-refractivity contribution in [1.82, 2.24) is 5.01 Å². The summed E-state index contributed by atoms with van der Waals surface area (Å²) in [7, 11) is 0. The van der Waals surface area contributed by atoms with Gasteiger partial charge in [-0.25, -0.2) is 0 Å². The fraction of sp³-hybridized carbons (Fsp3) is 0.364. The van der Waals surface area contributed by atoms with Gasteiger partial charge in [-0.1, -0.05) is 34.8 Å². The normalized spacial score (nSPS) is 17.9. The second-order valence-electron chi connectivity index (χ2n) is 4.63. The highest BCUT2D eigenvalue weighted by atomic mass is 35.5. The molecule has 0 radical (unpaired) electrons. The van der Waals surface area contributed by atoms with Crippen LogP contribution in [0.1, 0.15) is 13.8 Å². The van der Waals surface area contributed by atoms with Gasteiger partial charge >= 0.3 is 0 Å². The Bertz CT molecular complexity index is 465. The third-order valence-corrected chi connectivity index (χ3v) is 3.45. The van der Waals surface area contributed by atoms with Gasteiger partial charge in [0.1, 0.15) is 0 Å². The van der Waals surface area contributed by atoms with Gasteiger partial charge in [0.15, 0.2) is 0 Å². The lowest BCUT2D eigenvalue weighted by atomic mass is 9.85. The second-order valence-corrected chi connectivity index (χ2v) is 5.88. The Morgan fingerprint density at radius 3 is 2.18 bits per heavy atom. The summed E-state index contributed by atoms with van der Waals surface area (Å²) in [5, 5.41) is 2.72. The van der Waals surface area contributed by atoms with Crippen LogP contribution in [0.25, 0.3) is 0 Å². The molecular weight excluding hydrogens is 282 g/mol. The standard InChI is InChI=1S/C11H11Cl3N2O/c1-11(2)5-16(10(11)17)15-9-7(13)3-6(12)4-8(9)14/h3-4,15H,5H2,1-2H3. The van der Waals surface area contributed by atoms with Crippen molar-refractivity contribution in [2.24, 2.45) is 5.41 Å². The van der Waals surface area contributed by atoms with Crippen molar-refractivity contribution in [2.45, 2.75) is 13.8 Å². The molecule has 0 bridgehead atoms. The molecule has 1 aliphatic rings. The van der Waals surface area contributed by atoms with Gasteiger partial charge in [0.05, 0.1) is 27.7 Å². The van der Waals surface area contributed by atoms with Crippen molar-refractivity contribution in [3.05, 3.63) is 27.2 Å². The van der Waals surface area contributed by atoms with E-state index in [2.05, 4.69) is 5.43 Å². The summed E-state index contributed by atoms with van der Waals surface area (Å²) in [6.45, 7) is 4.39. The molecule has 3 nitrogen and oxygen atoms in total. The van der Waals surface area contributed by atoms with Crippen molar-refractivity contribution in [3.63, 3.8) is 0 Å². The highest BCUT2D eigenvalue weighted by Crippen LogP contribution is 2.37. The van der Waals surface area contributed by atoms with Gasteiger partial charge in [-0.05, 0) is 26.0 Å². The Balaban J connectivity index is 2.19. The van der Waals surface area contributed by atoms with Crippen molar-refractivity contribution >= 4 is 46.4 Å². The minimum Gasteiger partial charge on any atom is -0.293 e. The molecule has 1 aliphatic heterocycles. The summed E-state index contributed by atoms with van der Waals surface area (Å²) < 4.78 is 0. The molecule has 1 heterocycles. The first-order chi connectivity index (χ1) is 7.81. The molecule has 2 rings (SSSR count). The van der Waals surface area contributed by atoms with Gasteiger partial charge in [0.25, 0.3) is 0 Å². The molecule has 0 saturated carbocycles. The predicted molar refractivity (Wildman–Crippen MR) is 70.6 cm³/mol. The minimum absolute atomic E-state index is 0.0135. The number of nitrogens with one attached hydrogen (secondary N) is 1. The van der Waals surface area contributed by atoms with Crippen LogP contribution >= 0.6 is 34.8 Å². The van der Waals surface area contributed by atoms with Crippen LogP contribution in [0.3, 0.4) is 0 Å². The topological polar surface area (TPSA) is 32.3 Å². The van der Waals surface area contributed by atoms with E-state index in [9.17, 15) is 4.79 Å². The van der Waals surface area contributed by atoms with E-state index in [1.54, 1.807) is 12.1 Å². The van der Waals surface area contributed by atoms with Crippen LogP contribution in [0, 0.1) is 5.41 Å². The van der Waals surface area contributed by atoms with Gasteiger partial charge in [-0.2, -0.15) is 0 Å². The van der Waals surface area contributed by atoms with Crippen LogP contribution < -0.4 is 5.43 Å². The number of hydrazine groups is 1. The summed E-state index contributed by atoms with van der Waals surface area (Å²) in [5.41, 5.74) is 3.09. The van der Waals surface area contributed by atoms with Crippen LogP contribution in [-0.2, 0) is 4.79 Å². The number of benzene rings is 1. The Labute approximate surface area is 115 Å². The van der Waals surface area contributed by atoms with Gasteiger partial charge in [0.2, 0.25) is 5.91 Å². The number of carbonyl (C=O) groups excluding carboxylic acids is 1. The van der Waals surface area contributed by atoms with Crippen LogP contribution in [0.5, 0.6) is 0 Å². The lowest BCUT2D eigenvalue weighted by Crippen LogP contribution is -2.60. The SMILES string of the molecule is CC1(C)CN(Nc2c(Cl)cc(Cl)cc2Cl)C1=O.